The molecule has 1 heterocycles. The van der Waals surface area contributed by atoms with Crippen LogP contribution in [0.1, 0.15) is 12.5 Å². The lowest BCUT2D eigenvalue weighted by molar-refractivity contribution is -0.119. The Kier molecular flexibility index (Phi) is 4.61. The summed E-state index contributed by atoms with van der Waals surface area (Å²) in [4.78, 5) is 31.1. The van der Waals surface area contributed by atoms with Crippen LogP contribution in [0.2, 0.25) is 0 Å². The molecular formula is C19H18FN3O2. The van der Waals surface area contributed by atoms with Crippen LogP contribution in [0.25, 0.3) is 10.9 Å². The molecule has 2 aromatic carbocycles. The number of aromatic nitrogens is 2. The molecule has 0 saturated carbocycles. The normalized spacial score (nSPS) is 10.8. The Morgan fingerprint density at radius 1 is 1.20 bits per heavy atom. The fourth-order valence-corrected chi connectivity index (χ4v) is 2.81. The number of para-hydroxylation sites is 1. The van der Waals surface area contributed by atoms with Crippen LogP contribution in [0.4, 0.5) is 10.1 Å². The van der Waals surface area contributed by atoms with Crippen LogP contribution in [-0.2, 0) is 11.3 Å². The van der Waals surface area contributed by atoms with Gasteiger partial charge in [-0.2, -0.15) is 0 Å². The van der Waals surface area contributed by atoms with E-state index in [1.54, 1.807) is 24.3 Å². The molecule has 0 saturated heterocycles. The molecule has 1 amide bonds. The number of carbonyl (C=O) groups excluding carboxylic acids is 1. The van der Waals surface area contributed by atoms with E-state index >= 15 is 0 Å². The molecular weight excluding hydrogens is 321 g/mol. The first-order chi connectivity index (χ1) is 12.0. The number of anilines is 1. The zero-order chi connectivity index (χ0) is 18.0. The first-order valence-electron chi connectivity index (χ1n) is 8.02. The van der Waals surface area contributed by atoms with E-state index in [0.29, 0.717) is 23.1 Å². The summed E-state index contributed by atoms with van der Waals surface area (Å²) < 4.78 is 14.4. The van der Waals surface area contributed by atoms with Crippen molar-refractivity contribution < 1.29 is 9.18 Å². The van der Waals surface area contributed by atoms with E-state index in [-0.39, 0.29) is 23.8 Å². The van der Waals surface area contributed by atoms with Crippen LogP contribution in [0.3, 0.4) is 0 Å². The van der Waals surface area contributed by atoms with Gasteiger partial charge in [-0.25, -0.2) is 9.37 Å². The Bertz CT molecular complexity index is 980. The number of benzene rings is 2. The second-order valence-electron chi connectivity index (χ2n) is 5.76. The SMILES string of the molecule is CCN(C(=O)Cn1cnc2c(C)cccc2c1=O)c1ccc(F)cc1. The van der Waals surface area contributed by atoms with Crippen molar-refractivity contribution in [3.63, 3.8) is 0 Å². The standard InChI is InChI=1S/C19H18FN3O2/c1-3-23(15-9-7-14(20)8-10-15)17(24)11-22-12-21-18-13(2)5-4-6-16(18)19(22)25/h4-10,12H,3,11H2,1-2H3. The van der Waals surface area contributed by atoms with Gasteiger partial charge in [-0.3, -0.25) is 14.2 Å². The van der Waals surface area contributed by atoms with Gasteiger partial charge in [-0.05, 0) is 49.7 Å². The lowest BCUT2D eigenvalue weighted by Crippen LogP contribution is -2.36. The molecule has 0 aliphatic heterocycles. The van der Waals surface area contributed by atoms with Crippen LogP contribution in [0.15, 0.2) is 53.6 Å². The van der Waals surface area contributed by atoms with Crippen molar-refractivity contribution in [1.82, 2.24) is 9.55 Å². The minimum absolute atomic E-state index is 0.124. The first kappa shape index (κ1) is 16.8. The summed E-state index contributed by atoms with van der Waals surface area (Å²) in [5.41, 5.74) is 1.89. The van der Waals surface area contributed by atoms with Crippen molar-refractivity contribution >= 4 is 22.5 Å². The largest absolute Gasteiger partial charge is 0.311 e. The zero-order valence-corrected chi connectivity index (χ0v) is 14.1. The van der Waals surface area contributed by atoms with Crippen molar-refractivity contribution in [3.05, 3.63) is 70.5 Å². The summed E-state index contributed by atoms with van der Waals surface area (Å²) in [7, 11) is 0. The van der Waals surface area contributed by atoms with E-state index in [2.05, 4.69) is 4.98 Å². The van der Waals surface area contributed by atoms with E-state index in [0.717, 1.165) is 5.56 Å². The van der Waals surface area contributed by atoms with Gasteiger partial charge in [0.2, 0.25) is 5.91 Å². The van der Waals surface area contributed by atoms with Gasteiger partial charge in [-0.15, -0.1) is 0 Å². The highest BCUT2D eigenvalue weighted by Crippen LogP contribution is 2.16. The predicted molar refractivity (Wildman–Crippen MR) is 95.2 cm³/mol. The Labute approximate surface area is 144 Å². The van der Waals surface area contributed by atoms with E-state index in [9.17, 15) is 14.0 Å². The monoisotopic (exact) mass is 339 g/mol. The van der Waals surface area contributed by atoms with E-state index in [1.165, 1.54) is 27.9 Å². The third-order valence-corrected chi connectivity index (χ3v) is 4.12. The molecule has 0 bridgehead atoms. The molecule has 128 valence electrons. The molecule has 0 N–H and O–H groups in total. The highest BCUT2D eigenvalue weighted by Gasteiger charge is 2.16. The molecule has 0 atom stereocenters. The number of halogens is 1. The third-order valence-electron chi connectivity index (χ3n) is 4.12. The van der Waals surface area contributed by atoms with E-state index in [4.69, 9.17) is 0 Å². The smallest absolute Gasteiger partial charge is 0.261 e. The van der Waals surface area contributed by atoms with Crippen molar-refractivity contribution in [2.75, 3.05) is 11.4 Å². The van der Waals surface area contributed by atoms with Gasteiger partial charge in [0.1, 0.15) is 12.4 Å². The Balaban J connectivity index is 1.92. The van der Waals surface area contributed by atoms with Crippen molar-refractivity contribution in [2.24, 2.45) is 0 Å². The maximum absolute atomic E-state index is 13.1. The average molecular weight is 339 g/mol. The number of rotatable bonds is 4. The quantitative estimate of drug-likeness (QED) is 0.734. The lowest BCUT2D eigenvalue weighted by atomic mass is 10.1. The third kappa shape index (κ3) is 3.28. The average Bonchev–Trinajstić information content (AvgIpc) is 2.60. The molecule has 0 fully saturated rings. The zero-order valence-electron chi connectivity index (χ0n) is 14.1. The number of hydrogen-bond acceptors (Lipinski definition) is 3. The molecule has 5 nitrogen and oxygen atoms in total. The van der Waals surface area contributed by atoms with Crippen molar-refractivity contribution in [2.45, 2.75) is 20.4 Å². The molecule has 25 heavy (non-hydrogen) atoms. The second kappa shape index (κ2) is 6.84. The molecule has 1 aromatic heterocycles. The summed E-state index contributed by atoms with van der Waals surface area (Å²) in [5, 5.41) is 0.486. The molecule has 6 heteroatoms. The maximum Gasteiger partial charge on any atom is 0.261 e. The minimum Gasteiger partial charge on any atom is -0.311 e. The summed E-state index contributed by atoms with van der Waals surface area (Å²) in [6.07, 6.45) is 1.40. The number of fused-ring (bicyclic) bond motifs is 1. The molecule has 3 aromatic rings. The van der Waals surface area contributed by atoms with E-state index < -0.39 is 0 Å². The first-order valence-corrected chi connectivity index (χ1v) is 8.02. The summed E-state index contributed by atoms with van der Waals surface area (Å²) >= 11 is 0. The number of aryl methyl sites for hydroxylation is 1. The molecule has 0 unspecified atom stereocenters. The van der Waals surface area contributed by atoms with Gasteiger partial charge in [-0.1, -0.05) is 12.1 Å². The number of amides is 1. The van der Waals surface area contributed by atoms with Gasteiger partial charge in [0.05, 0.1) is 17.2 Å². The van der Waals surface area contributed by atoms with Crippen LogP contribution >= 0.6 is 0 Å². The van der Waals surface area contributed by atoms with E-state index in [1.807, 2.05) is 19.9 Å². The van der Waals surface area contributed by atoms with Crippen LogP contribution in [-0.4, -0.2) is 22.0 Å². The van der Waals surface area contributed by atoms with Gasteiger partial charge in [0.25, 0.3) is 5.56 Å². The molecule has 0 aliphatic rings. The minimum atomic E-state index is -0.363. The van der Waals surface area contributed by atoms with Crippen LogP contribution < -0.4 is 10.5 Å². The Morgan fingerprint density at radius 2 is 1.92 bits per heavy atom. The summed E-state index contributed by atoms with van der Waals surface area (Å²) in [6, 6.07) is 11.1. The Hall–Kier alpha value is -3.02. The molecule has 0 aliphatic carbocycles. The van der Waals surface area contributed by atoms with Gasteiger partial charge in [0.15, 0.2) is 0 Å². The van der Waals surface area contributed by atoms with Crippen molar-refractivity contribution in [1.29, 1.82) is 0 Å². The number of hydrogen-bond donors (Lipinski definition) is 0. The van der Waals surface area contributed by atoms with Crippen LogP contribution in [0, 0.1) is 12.7 Å². The second-order valence-corrected chi connectivity index (χ2v) is 5.76. The van der Waals surface area contributed by atoms with Gasteiger partial charge < -0.3 is 4.90 Å². The fourth-order valence-electron chi connectivity index (χ4n) is 2.81. The van der Waals surface area contributed by atoms with Gasteiger partial charge in [0, 0.05) is 12.2 Å². The molecule has 3 rings (SSSR count). The highest BCUT2D eigenvalue weighted by molar-refractivity contribution is 5.93. The summed E-state index contributed by atoms with van der Waals surface area (Å²) in [6.45, 7) is 4.00. The van der Waals surface area contributed by atoms with Crippen molar-refractivity contribution in [3.8, 4) is 0 Å². The summed E-state index contributed by atoms with van der Waals surface area (Å²) in [5.74, 6) is -0.623. The lowest BCUT2D eigenvalue weighted by Gasteiger charge is -2.21. The molecule has 0 spiro atoms. The fraction of sp³-hybridized carbons (Fsp3) is 0.211. The predicted octanol–water partition coefficient (Wildman–Crippen LogP) is 2.90. The maximum atomic E-state index is 13.1. The van der Waals surface area contributed by atoms with Crippen LogP contribution in [0.5, 0.6) is 0 Å². The topological polar surface area (TPSA) is 55.2 Å². The highest BCUT2D eigenvalue weighted by atomic mass is 19.1. The molecule has 0 radical (unpaired) electrons. The number of nitrogens with zero attached hydrogens (tertiary/aromatic N) is 3. The Morgan fingerprint density at radius 3 is 2.60 bits per heavy atom. The number of likely N-dealkylation sites (N-methyl/N-ethyl adjacent to an activating group) is 1. The van der Waals surface area contributed by atoms with Gasteiger partial charge >= 0.3 is 0 Å². The number of carbonyl (C=O) groups is 1.